The zero-order valence-corrected chi connectivity index (χ0v) is 9.49. The van der Waals surface area contributed by atoms with Crippen molar-refractivity contribution in [3.63, 3.8) is 0 Å². The van der Waals surface area contributed by atoms with Crippen molar-refractivity contribution in [2.24, 2.45) is 7.05 Å². The van der Waals surface area contributed by atoms with Crippen LogP contribution in [0, 0.1) is 6.92 Å². The first-order valence-corrected chi connectivity index (χ1v) is 5.45. The van der Waals surface area contributed by atoms with E-state index in [1.165, 1.54) is 27.7 Å². The Morgan fingerprint density at radius 1 is 1.25 bits per heavy atom. The van der Waals surface area contributed by atoms with Gasteiger partial charge in [-0.05, 0) is 37.3 Å². The number of aryl methyl sites for hydroxylation is 2. The molecule has 0 fully saturated rings. The van der Waals surface area contributed by atoms with Gasteiger partial charge in [-0.1, -0.05) is 17.7 Å². The molecule has 16 heavy (non-hydrogen) atoms. The van der Waals surface area contributed by atoms with Gasteiger partial charge in [0.05, 0.1) is 0 Å². The fourth-order valence-electron chi connectivity index (χ4n) is 2.29. The van der Waals surface area contributed by atoms with Gasteiger partial charge < -0.3 is 4.57 Å². The lowest BCUT2D eigenvalue weighted by atomic mass is 10.1. The van der Waals surface area contributed by atoms with E-state index in [0.29, 0.717) is 0 Å². The molecule has 0 radical (unpaired) electrons. The minimum Gasteiger partial charge on any atom is -0.344 e. The highest BCUT2D eigenvalue weighted by molar-refractivity contribution is 5.94. The van der Waals surface area contributed by atoms with Gasteiger partial charge in [-0.2, -0.15) is 0 Å². The number of benzene rings is 1. The third kappa shape index (κ3) is 1.19. The lowest BCUT2D eigenvalue weighted by Gasteiger charge is -1.99. The number of hydrogen-bond acceptors (Lipinski definition) is 0. The predicted octanol–water partition coefficient (Wildman–Crippen LogP) is 3.68. The molecule has 3 rings (SSSR count). The third-order valence-corrected chi connectivity index (χ3v) is 3.12. The highest BCUT2D eigenvalue weighted by Gasteiger charge is 2.11. The molecule has 1 aliphatic rings. The first-order chi connectivity index (χ1) is 7.77. The van der Waals surface area contributed by atoms with E-state index in [1.54, 1.807) is 0 Å². The van der Waals surface area contributed by atoms with Crippen LogP contribution in [0.4, 0.5) is 0 Å². The van der Waals surface area contributed by atoms with Crippen molar-refractivity contribution >= 4 is 23.1 Å². The second-order valence-corrected chi connectivity index (χ2v) is 4.22. The van der Waals surface area contributed by atoms with Crippen LogP contribution >= 0.6 is 0 Å². The topological polar surface area (TPSA) is 4.93 Å². The summed E-state index contributed by atoms with van der Waals surface area (Å²) in [6, 6.07) is 6.58. The summed E-state index contributed by atoms with van der Waals surface area (Å²) in [4.78, 5) is 0. The number of allylic oxidation sites excluding steroid dienone is 2. The first-order valence-electron chi connectivity index (χ1n) is 5.45. The molecule has 1 aromatic carbocycles. The summed E-state index contributed by atoms with van der Waals surface area (Å²) in [7, 11) is 2.11. The Bertz CT molecular complexity index is 662. The summed E-state index contributed by atoms with van der Waals surface area (Å²) in [6.07, 6.45) is 8.19. The van der Waals surface area contributed by atoms with E-state index in [-0.39, 0.29) is 0 Å². The molecule has 0 atom stereocenters. The van der Waals surface area contributed by atoms with Crippen LogP contribution < -0.4 is 0 Å². The lowest BCUT2D eigenvalue weighted by molar-refractivity contribution is 0.953. The molecule has 0 saturated carbocycles. The van der Waals surface area contributed by atoms with Gasteiger partial charge in [0, 0.05) is 29.2 Å². The minimum absolute atomic E-state index is 1.25. The van der Waals surface area contributed by atoms with E-state index >= 15 is 0 Å². The Morgan fingerprint density at radius 3 is 3.00 bits per heavy atom. The Morgan fingerprint density at radius 2 is 2.12 bits per heavy atom. The van der Waals surface area contributed by atoms with Gasteiger partial charge in [0.15, 0.2) is 0 Å². The predicted molar refractivity (Wildman–Crippen MR) is 69.2 cm³/mol. The summed E-state index contributed by atoms with van der Waals surface area (Å²) >= 11 is 0. The first kappa shape index (κ1) is 9.26. The van der Waals surface area contributed by atoms with Crippen molar-refractivity contribution in [3.05, 3.63) is 52.9 Å². The van der Waals surface area contributed by atoms with Crippen molar-refractivity contribution < 1.29 is 0 Å². The van der Waals surface area contributed by atoms with E-state index in [1.807, 2.05) is 12.2 Å². The number of hydrogen-bond donors (Lipinski definition) is 0. The highest BCUT2D eigenvalue weighted by Crippen LogP contribution is 2.29. The van der Waals surface area contributed by atoms with Crippen LogP contribution in [0.5, 0.6) is 0 Å². The normalized spacial score (nSPS) is 13.1. The summed E-state index contributed by atoms with van der Waals surface area (Å²) in [6.45, 7) is 2.13. The molecule has 1 heterocycles. The van der Waals surface area contributed by atoms with E-state index < -0.39 is 0 Å². The maximum absolute atomic E-state index is 3.18. The lowest BCUT2D eigenvalue weighted by Crippen LogP contribution is -1.90. The van der Waals surface area contributed by atoms with Crippen LogP contribution in [0.1, 0.15) is 16.8 Å². The van der Waals surface area contributed by atoms with E-state index in [9.17, 15) is 0 Å². The molecule has 0 saturated heterocycles. The Hall–Kier alpha value is -1.98. The molecule has 0 unspecified atom stereocenters. The number of aromatic nitrogens is 1. The summed E-state index contributed by atoms with van der Waals surface area (Å²) in [5, 5.41) is 1.31. The van der Waals surface area contributed by atoms with Gasteiger partial charge in [-0.15, -0.1) is 5.73 Å². The van der Waals surface area contributed by atoms with Crippen LogP contribution in [-0.4, -0.2) is 4.57 Å². The molecule has 1 heteroatoms. The average Bonchev–Trinajstić information content (AvgIpc) is 2.47. The van der Waals surface area contributed by atoms with Crippen LogP contribution in [0.15, 0.2) is 36.1 Å². The molecule has 0 bridgehead atoms. The molecule has 0 spiro atoms. The third-order valence-electron chi connectivity index (χ3n) is 3.12. The van der Waals surface area contributed by atoms with Gasteiger partial charge in [0.25, 0.3) is 0 Å². The van der Waals surface area contributed by atoms with Gasteiger partial charge >= 0.3 is 0 Å². The monoisotopic (exact) mass is 207 g/mol. The van der Waals surface area contributed by atoms with Crippen LogP contribution in [0.3, 0.4) is 0 Å². The SMILES string of the molecule is Cc1ccc2c(c1)c1c(n2C)C=CC=C=C1. The Balaban J connectivity index is 2.51. The number of nitrogens with zero attached hydrogens (tertiary/aromatic N) is 1. The van der Waals surface area contributed by atoms with Crippen molar-refractivity contribution in [3.8, 4) is 0 Å². The van der Waals surface area contributed by atoms with Crippen LogP contribution in [-0.2, 0) is 7.05 Å². The second-order valence-electron chi connectivity index (χ2n) is 4.22. The molecule has 2 aromatic rings. The zero-order chi connectivity index (χ0) is 11.1. The molecular weight excluding hydrogens is 194 g/mol. The minimum atomic E-state index is 1.25. The summed E-state index contributed by atoms with van der Waals surface area (Å²) in [5.74, 6) is 0. The zero-order valence-electron chi connectivity index (χ0n) is 9.49. The van der Waals surface area contributed by atoms with Crippen molar-refractivity contribution in [2.75, 3.05) is 0 Å². The fourth-order valence-corrected chi connectivity index (χ4v) is 2.29. The number of rotatable bonds is 0. The standard InChI is InChI=1S/C15H13N/c1-11-8-9-15-13(10-11)12-6-4-3-5-7-14(12)16(15)2/h3,5-10H,1-2H3. The average molecular weight is 207 g/mol. The molecule has 1 aliphatic carbocycles. The molecule has 0 amide bonds. The molecular formula is C15H13N. The van der Waals surface area contributed by atoms with Crippen LogP contribution in [0.25, 0.3) is 23.1 Å². The molecule has 0 N–H and O–H groups in total. The Labute approximate surface area is 95.0 Å². The summed E-state index contributed by atoms with van der Waals surface area (Å²) < 4.78 is 2.23. The van der Waals surface area contributed by atoms with Crippen molar-refractivity contribution in [1.29, 1.82) is 0 Å². The van der Waals surface area contributed by atoms with Gasteiger partial charge in [-0.3, -0.25) is 0 Å². The maximum atomic E-state index is 3.18. The van der Waals surface area contributed by atoms with E-state index in [2.05, 4.69) is 54.6 Å². The van der Waals surface area contributed by atoms with Crippen LogP contribution in [0.2, 0.25) is 0 Å². The Kier molecular flexibility index (Phi) is 1.89. The second kappa shape index (κ2) is 3.26. The molecule has 1 nitrogen and oxygen atoms in total. The van der Waals surface area contributed by atoms with Crippen molar-refractivity contribution in [1.82, 2.24) is 4.57 Å². The van der Waals surface area contributed by atoms with Gasteiger partial charge in [-0.25, -0.2) is 0 Å². The van der Waals surface area contributed by atoms with Crippen molar-refractivity contribution in [2.45, 2.75) is 6.92 Å². The summed E-state index contributed by atoms with van der Waals surface area (Å²) in [5.41, 5.74) is 8.28. The van der Waals surface area contributed by atoms with E-state index in [4.69, 9.17) is 0 Å². The molecule has 1 aromatic heterocycles. The quantitative estimate of drug-likeness (QED) is 0.581. The highest BCUT2D eigenvalue weighted by atomic mass is 14.9. The molecule has 78 valence electrons. The largest absolute Gasteiger partial charge is 0.344 e. The molecule has 0 aliphatic heterocycles. The fraction of sp³-hybridized carbons (Fsp3) is 0.133. The number of fused-ring (bicyclic) bond motifs is 3. The van der Waals surface area contributed by atoms with Gasteiger partial charge in [0.2, 0.25) is 0 Å². The smallest absolute Gasteiger partial charge is 0.0495 e. The van der Waals surface area contributed by atoms with Gasteiger partial charge in [0.1, 0.15) is 0 Å². The van der Waals surface area contributed by atoms with E-state index in [0.717, 1.165) is 0 Å². The maximum Gasteiger partial charge on any atom is 0.0495 e.